The molecule has 0 saturated carbocycles. The van der Waals surface area contributed by atoms with Gasteiger partial charge in [-0.15, -0.1) is 0 Å². The van der Waals surface area contributed by atoms with Crippen LogP contribution in [-0.4, -0.2) is 71.7 Å². The van der Waals surface area contributed by atoms with Crippen molar-refractivity contribution in [3.8, 4) is 0 Å². The van der Waals surface area contributed by atoms with Crippen molar-refractivity contribution in [2.45, 2.75) is 51.0 Å². The summed E-state index contributed by atoms with van der Waals surface area (Å²) in [6.07, 6.45) is 1.63. The number of aliphatic hydroxyl groups is 1. The van der Waals surface area contributed by atoms with E-state index in [9.17, 15) is 19.5 Å². The zero-order chi connectivity index (χ0) is 19.8. The number of hydrogen-bond donors (Lipinski definition) is 1. The van der Waals surface area contributed by atoms with Crippen molar-refractivity contribution < 1.29 is 38.2 Å². The van der Waals surface area contributed by atoms with Gasteiger partial charge in [0.25, 0.3) is 5.72 Å². The van der Waals surface area contributed by atoms with E-state index in [0.717, 1.165) is 0 Å². The van der Waals surface area contributed by atoms with E-state index in [2.05, 4.69) is 0 Å². The average molecular weight is 380 g/mol. The number of carbonyl (C=O) groups is 3. The predicted octanol–water partition coefficient (Wildman–Crippen LogP) is 0.282. The molecule has 3 fully saturated rings. The summed E-state index contributed by atoms with van der Waals surface area (Å²) in [5.41, 5.74) is -4.10. The van der Waals surface area contributed by atoms with Crippen LogP contribution >= 0.6 is 0 Å². The second-order valence-electron chi connectivity index (χ2n) is 8.56. The number of esters is 3. The predicted molar refractivity (Wildman–Crippen MR) is 90.8 cm³/mol. The number of hydrogen-bond acceptors (Lipinski definition) is 7. The second-order valence-corrected chi connectivity index (χ2v) is 8.56. The highest BCUT2D eigenvalue weighted by molar-refractivity contribution is 6.05. The summed E-state index contributed by atoms with van der Waals surface area (Å²) in [5.74, 6) is -2.98. The van der Waals surface area contributed by atoms with Crippen LogP contribution < -0.4 is 0 Å². The Balaban J connectivity index is 1.84. The summed E-state index contributed by atoms with van der Waals surface area (Å²) in [6.45, 7) is 5.84. The Labute approximate surface area is 157 Å². The molecule has 4 aliphatic rings. The summed E-state index contributed by atoms with van der Waals surface area (Å²) < 4.78 is 16.9. The molecule has 0 aromatic rings. The Bertz CT molecular complexity index is 778. The number of carbonyl (C=O) groups excluding carboxylic acids is 3. The molecule has 6 atom stereocenters. The van der Waals surface area contributed by atoms with E-state index < -0.39 is 46.7 Å². The van der Waals surface area contributed by atoms with Crippen molar-refractivity contribution in [3.05, 3.63) is 11.6 Å². The molecule has 0 radical (unpaired) electrons. The maximum Gasteiger partial charge on any atom is 0.350 e. The van der Waals surface area contributed by atoms with Gasteiger partial charge in [-0.2, -0.15) is 0 Å². The first-order valence-electron chi connectivity index (χ1n) is 9.44. The van der Waals surface area contributed by atoms with Gasteiger partial charge in [-0.3, -0.25) is 14.1 Å². The molecule has 8 heteroatoms. The van der Waals surface area contributed by atoms with Crippen LogP contribution in [0.5, 0.6) is 0 Å². The fourth-order valence-electron chi connectivity index (χ4n) is 5.29. The van der Waals surface area contributed by atoms with Gasteiger partial charge in [0.15, 0.2) is 11.5 Å². The van der Waals surface area contributed by atoms with Crippen LogP contribution in [0, 0.1) is 11.3 Å². The van der Waals surface area contributed by atoms with Gasteiger partial charge in [0.2, 0.25) is 5.60 Å². The highest BCUT2D eigenvalue weighted by Crippen LogP contribution is 2.52. The first-order chi connectivity index (χ1) is 12.6. The van der Waals surface area contributed by atoms with Crippen molar-refractivity contribution in [1.82, 2.24) is 0 Å². The van der Waals surface area contributed by atoms with Crippen LogP contribution in [0.15, 0.2) is 11.6 Å². The molecule has 0 aromatic carbocycles. The number of rotatable bonds is 1. The average Bonchev–Trinajstić information content (AvgIpc) is 3.10. The quantitative estimate of drug-likeness (QED) is 0.229. The summed E-state index contributed by atoms with van der Waals surface area (Å²) >= 11 is 0. The molecule has 4 rings (SSSR count). The van der Waals surface area contributed by atoms with Gasteiger partial charge in [0, 0.05) is 12.3 Å². The first-order valence-corrected chi connectivity index (χ1v) is 9.44. The van der Waals surface area contributed by atoms with Crippen LogP contribution in [0.2, 0.25) is 0 Å². The van der Waals surface area contributed by atoms with Gasteiger partial charge >= 0.3 is 17.9 Å². The molecule has 27 heavy (non-hydrogen) atoms. The number of ether oxygens (including phenoxy) is 3. The number of fused-ring (bicyclic) bond motifs is 2. The molecule has 148 valence electrons. The Hall–Kier alpha value is -1.93. The number of quaternary nitrogens is 1. The van der Waals surface area contributed by atoms with E-state index in [1.54, 1.807) is 13.8 Å². The molecule has 6 unspecified atom stereocenters. The molecule has 4 heterocycles. The molecule has 0 aliphatic carbocycles. The van der Waals surface area contributed by atoms with Gasteiger partial charge in [-0.25, -0.2) is 4.79 Å². The van der Waals surface area contributed by atoms with Crippen LogP contribution in [0.3, 0.4) is 0 Å². The van der Waals surface area contributed by atoms with Gasteiger partial charge in [-0.1, -0.05) is 13.8 Å². The normalized spacial score (nSPS) is 48.9. The second kappa shape index (κ2) is 5.32. The molecule has 8 nitrogen and oxygen atoms in total. The van der Waals surface area contributed by atoms with Crippen LogP contribution in [0.4, 0.5) is 0 Å². The van der Waals surface area contributed by atoms with Crippen LogP contribution in [0.1, 0.15) is 33.6 Å². The van der Waals surface area contributed by atoms with E-state index in [1.165, 1.54) is 6.92 Å². The van der Waals surface area contributed by atoms with E-state index in [-0.39, 0.29) is 17.5 Å². The van der Waals surface area contributed by atoms with Crippen LogP contribution in [0.25, 0.3) is 0 Å². The standard InChI is InChI=1S/C19H26NO7/c1-5-18-11(2)17(3,27-16(18)23)14(21)25-10-12-6-8-20(4)9-7-13(19(12,20)24)26-15(18)22/h6,11,13,24H,5,7-10H2,1-4H3/q+1. The summed E-state index contributed by atoms with van der Waals surface area (Å²) in [4.78, 5) is 38.8. The minimum Gasteiger partial charge on any atom is -0.458 e. The minimum absolute atomic E-state index is 0.129. The van der Waals surface area contributed by atoms with Crippen LogP contribution in [-0.2, 0) is 28.6 Å². The molecule has 0 spiro atoms. The minimum atomic E-state index is -1.59. The molecule has 4 aliphatic heterocycles. The zero-order valence-electron chi connectivity index (χ0n) is 16.1. The zero-order valence-corrected chi connectivity index (χ0v) is 16.1. The van der Waals surface area contributed by atoms with Crippen molar-refractivity contribution in [2.24, 2.45) is 11.3 Å². The van der Waals surface area contributed by atoms with Gasteiger partial charge in [-0.05, 0) is 19.4 Å². The first kappa shape index (κ1) is 18.4. The summed E-state index contributed by atoms with van der Waals surface area (Å²) in [7, 11) is 1.89. The lowest BCUT2D eigenvalue weighted by molar-refractivity contribution is -0.955. The monoisotopic (exact) mass is 380 g/mol. The lowest BCUT2D eigenvalue weighted by atomic mass is 9.69. The summed E-state index contributed by atoms with van der Waals surface area (Å²) in [6, 6.07) is 0. The van der Waals surface area contributed by atoms with Gasteiger partial charge in [0.1, 0.15) is 13.2 Å². The maximum absolute atomic E-state index is 13.2. The summed E-state index contributed by atoms with van der Waals surface area (Å²) in [5, 5.41) is 11.5. The molecular formula is C19H26NO7+. The molecular weight excluding hydrogens is 354 g/mol. The van der Waals surface area contributed by atoms with E-state index in [0.29, 0.717) is 25.1 Å². The third-order valence-corrected chi connectivity index (χ3v) is 7.54. The maximum atomic E-state index is 13.2. The number of nitrogens with zero attached hydrogens (tertiary/aromatic N) is 1. The van der Waals surface area contributed by atoms with Gasteiger partial charge in [0.05, 0.1) is 19.2 Å². The molecule has 0 amide bonds. The lowest BCUT2D eigenvalue weighted by Gasteiger charge is -2.40. The highest BCUT2D eigenvalue weighted by atomic mass is 16.6. The van der Waals surface area contributed by atoms with E-state index in [4.69, 9.17) is 14.2 Å². The fourth-order valence-corrected chi connectivity index (χ4v) is 5.29. The third-order valence-electron chi connectivity index (χ3n) is 7.54. The Kier molecular flexibility index (Phi) is 3.63. The third kappa shape index (κ3) is 1.92. The van der Waals surface area contributed by atoms with Crippen molar-refractivity contribution >= 4 is 17.9 Å². The van der Waals surface area contributed by atoms with E-state index >= 15 is 0 Å². The number of likely N-dealkylation sites (N-methyl/N-ethyl adjacent to an activating group) is 1. The Morgan fingerprint density at radius 3 is 2.63 bits per heavy atom. The van der Waals surface area contributed by atoms with E-state index in [1.807, 2.05) is 13.1 Å². The van der Waals surface area contributed by atoms with Crippen molar-refractivity contribution in [3.63, 3.8) is 0 Å². The highest BCUT2D eigenvalue weighted by Gasteiger charge is 2.71. The number of cyclic esters (lactones) is 1. The molecule has 1 N–H and O–H groups in total. The largest absolute Gasteiger partial charge is 0.458 e. The molecule has 0 aromatic heterocycles. The molecule has 2 bridgehead atoms. The molecule has 3 saturated heterocycles. The van der Waals surface area contributed by atoms with Gasteiger partial charge < -0.3 is 19.3 Å². The van der Waals surface area contributed by atoms with Crippen molar-refractivity contribution in [1.29, 1.82) is 0 Å². The Morgan fingerprint density at radius 1 is 1.26 bits per heavy atom. The SMILES string of the molecule is CCC12C(=O)OC3CC[N+]4(C)CC=C(COC(=O)C(C)(OC1=O)C2C)C34O. The lowest BCUT2D eigenvalue weighted by Crippen LogP contribution is -2.61. The fraction of sp³-hybridized carbons (Fsp3) is 0.737. The van der Waals surface area contributed by atoms with Crippen molar-refractivity contribution in [2.75, 3.05) is 26.7 Å². The smallest absolute Gasteiger partial charge is 0.350 e. The Morgan fingerprint density at radius 2 is 1.96 bits per heavy atom. The topological polar surface area (TPSA) is 99.1 Å².